The van der Waals surface area contributed by atoms with E-state index in [1.165, 1.54) is 6.92 Å². The SMILES string of the molecule is CC(=O)NC(=O)NCC#Cc1ccc(C2CCN(C)CC2)nc1. The highest BCUT2D eigenvalue weighted by molar-refractivity contribution is 5.93. The molecule has 0 bridgehead atoms. The van der Waals surface area contributed by atoms with Gasteiger partial charge in [-0.25, -0.2) is 4.79 Å². The molecular formula is C17H22N4O2. The van der Waals surface area contributed by atoms with Crippen LogP contribution in [0.1, 0.15) is 36.9 Å². The van der Waals surface area contributed by atoms with Gasteiger partial charge in [-0.1, -0.05) is 11.8 Å². The first-order chi connectivity index (χ1) is 11.0. The first kappa shape index (κ1) is 17.0. The van der Waals surface area contributed by atoms with Crippen LogP contribution in [0.15, 0.2) is 18.3 Å². The minimum Gasteiger partial charge on any atom is -0.327 e. The van der Waals surface area contributed by atoms with Crippen molar-refractivity contribution in [3.63, 3.8) is 0 Å². The van der Waals surface area contributed by atoms with Gasteiger partial charge < -0.3 is 10.2 Å². The van der Waals surface area contributed by atoms with Gasteiger partial charge in [0.1, 0.15) is 0 Å². The van der Waals surface area contributed by atoms with E-state index < -0.39 is 11.9 Å². The maximum absolute atomic E-state index is 11.2. The van der Waals surface area contributed by atoms with Gasteiger partial charge in [0, 0.05) is 30.3 Å². The fourth-order valence-corrected chi connectivity index (χ4v) is 2.50. The van der Waals surface area contributed by atoms with Gasteiger partial charge in [-0.05, 0) is 45.1 Å². The van der Waals surface area contributed by atoms with Crippen molar-refractivity contribution in [2.45, 2.75) is 25.7 Å². The van der Waals surface area contributed by atoms with E-state index in [1.54, 1.807) is 6.20 Å². The Balaban J connectivity index is 1.82. The van der Waals surface area contributed by atoms with E-state index in [0.29, 0.717) is 5.92 Å². The molecule has 3 amide bonds. The van der Waals surface area contributed by atoms with Gasteiger partial charge in [0.25, 0.3) is 0 Å². The number of carbonyl (C=O) groups is 2. The summed E-state index contributed by atoms with van der Waals surface area (Å²) in [6, 6.07) is 3.46. The Morgan fingerprint density at radius 3 is 2.70 bits per heavy atom. The number of imide groups is 1. The minimum atomic E-state index is -0.539. The van der Waals surface area contributed by atoms with Crippen LogP contribution in [0.3, 0.4) is 0 Å². The van der Waals surface area contributed by atoms with Gasteiger partial charge in [0.2, 0.25) is 5.91 Å². The average molecular weight is 314 g/mol. The monoisotopic (exact) mass is 314 g/mol. The first-order valence-electron chi connectivity index (χ1n) is 7.73. The van der Waals surface area contributed by atoms with Crippen molar-refractivity contribution in [3.8, 4) is 11.8 Å². The topological polar surface area (TPSA) is 74.3 Å². The summed E-state index contributed by atoms with van der Waals surface area (Å²) in [4.78, 5) is 28.7. The lowest BCUT2D eigenvalue weighted by atomic mass is 9.93. The average Bonchev–Trinajstić information content (AvgIpc) is 2.52. The van der Waals surface area contributed by atoms with Gasteiger partial charge in [-0.3, -0.25) is 15.1 Å². The zero-order valence-corrected chi connectivity index (χ0v) is 13.6. The van der Waals surface area contributed by atoms with Crippen molar-refractivity contribution >= 4 is 11.9 Å². The molecule has 0 saturated carbocycles. The molecule has 2 N–H and O–H groups in total. The molecule has 1 saturated heterocycles. The molecular weight excluding hydrogens is 292 g/mol. The quantitative estimate of drug-likeness (QED) is 0.801. The number of aromatic nitrogens is 1. The van der Waals surface area contributed by atoms with Crippen molar-refractivity contribution in [2.24, 2.45) is 0 Å². The van der Waals surface area contributed by atoms with Gasteiger partial charge in [-0.15, -0.1) is 0 Å². The van der Waals surface area contributed by atoms with Crippen molar-refractivity contribution in [1.29, 1.82) is 0 Å². The molecule has 1 fully saturated rings. The molecule has 23 heavy (non-hydrogen) atoms. The predicted octanol–water partition coefficient (Wildman–Crippen LogP) is 1.09. The summed E-state index contributed by atoms with van der Waals surface area (Å²) >= 11 is 0. The Kier molecular flexibility index (Phi) is 6.12. The smallest absolute Gasteiger partial charge is 0.322 e. The summed E-state index contributed by atoms with van der Waals surface area (Å²) in [7, 11) is 2.15. The summed E-state index contributed by atoms with van der Waals surface area (Å²) in [5, 5.41) is 4.60. The number of rotatable bonds is 2. The van der Waals surface area contributed by atoms with Crippen molar-refractivity contribution < 1.29 is 9.59 Å². The van der Waals surface area contributed by atoms with E-state index in [2.05, 4.69) is 39.4 Å². The number of hydrogen-bond acceptors (Lipinski definition) is 4. The number of pyridine rings is 1. The summed E-state index contributed by atoms with van der Waals surface area (Å²) in [6.07, 6.45) is 4.06. The van der Waals surface area contributed by atoms with E-state index in [0.717, 1.165) is 37.2 Å². The van der Waals surface area contributed by atoms with E-state index in [1.807, 2.05) is 12.1 Å². The van der Waals surface area contributed by atoms with Gasteiger partial charge in [0.15, 0.2) is 0 Å². The molecule has 0 atom stereocenters. The van der Waals surface area contributed by atoms with Crippen LogP contribution in [0, 0.1) is 11.8 Å². The van der Waals surface area contributed by atoms with Crippen molar-refractivity contribution in [3.05, 3.63) is 29.6 Å². The number of nitrogens with one attached hydrogen (secondary N) is 2. The molecule has 6 heteroatoms. The largest absolute Gasteiger partial charge is 0.327 e. The van der Waals surface area contributed by atoms with Crippen LogP contribution < -0.4 is 10.6 Å². The Bertz CT molecular complexity index is 608. The van der Waals surface area contributed by atoms with E-state index in [9.17, 15) is 9.59 Å². The van der Waals surface area contributed by atoms with Crippen LogP contribution >= 0.6 is 0 Å². The normalized spacial score (nSPS) is 15.4. The zero-order chi connectivity index (χ0) is 16.7. The highest BCUT2D eigenvalue weighted by Crippen LogP contribution is 2.25. The number of likely N-dealkylation sites (tertiary alicyclic amines) is 1. The predicted molar refractivity (Wildman–Crippen MR) is 87.8 cm³/mol. The van der Waals surface area contributed by atoms with E-state index in [4.69, 9.17) is 0 Å². The number of urea groups is 1. The second kappa shape index (κ2) is 8.30. The van der Waals surface area contributed by atoms with Crippen LogP contribution in [0.2, 0.25) is 0 Å². The minimum absolute atomic E-state index is 0.176. The van der Waals surface area contributed by atoms with Crippen LogP contribution in [-0.4, -0.2) is 48.5 Å². The third-order valence-corrected chi connectivity index (χ3v) is 3.78. The first-order valence-corrected chi connectivity index (χ1v) is 7.73. The zero-order valence-electron chi connectivity index (χ0n) is 13.6. The molecule has 1 aliphatic rings. The summed E-state index contributed by atoms with van der Waals surface area (Å²) in [5.74, 6) is 5.91. The number of piperidine rings is 1. The maximum Gasteiger partial charge on any atom is 0.322 e. The molecule has 0 radical (unpaired) electrons. The Morgan fingerprint density at radius 1 is 1.35 bits per heavy atom. The summed E-state index contributed by atoms with van der Waals surface area (Å²) in [6.45, 7) is 3.68. The summed E-state index contributed by atoms with van der Waals surface area (Å²) < 4.78 is 0. The van der Waals surface area contributed by atoms with Crippen molar-refractivity contribution in [2.75, 3.05) is 26.7 Å². The van der Waals surface area contributed by atoms with Crippen molar-refractivity contribution in [1.82, 2.24) is 20.5 Å². The Morgan fingerprint density at radius 2 is 2.09 bits per heavy atom. The van der Waals surface area contributed by atoms with Crippen LogP contribution in [0.4, 0.5) is 4.79 Å². The fraction of sp³-hybridized carbons (Fsp3) is 0.471. The van der Waals surface area contributed by atoms with E-state index >= 15 is 0 Å². The lowest BCUT2D eigenvalue weighted by Crippen LogP contribution is -2.38. The standard InChI is InChI=1S/C17H22N4O2/c1-13(22)20-17(23)18-9-3-4-14-5-6-16(19-12-14)15-7-10-21(2)11-8-15/h5-6,12,15H,7-11H2,1-2H3,(H2,18,20,22,23). The van der Waals surface area contributed by atoms with E-state index in [-0.39, 0.29) is 6.54 Å². The van der Waals surface area contributed by atoms with Crippen LogP contribution in [0.25, 0.3) is 0 Å². The molecule has 0 aromatic carbocycles. The molecule has 2 heterocycles. The molecule has 1 aromatic rings. The maximum atomic E-state index is 11.2. The Hall–Kier alpha value is -2.39. The highest BCUT2D eigenvalue weighted by Gasteiger charge is 2.18. The molecule has 1 aromatic heterocycles. The highest BCUT2D eigenvalue weighted by atomic mass is 16.2. The Labute approximate surface area is 136 Å². The fourth-order valence-electron chi connectivity index (χ4n) is 2.50. The lowest BCUT2D eigenvalue weighted by Gasteiger charge is -2.28. The van der Waals surface area contributed by atoms with Crippen LogP contribution in [0.5, 0.6) is 0 Å². The molecule has 0 spiro atoms. The second-order valence-corrected chi connectivity index (χ2v) is 5.71. The molecule has 2 rings (SSSR count). The van der Waals surface area contributed by atoms with Crippen LogP contribution in [-0.2, 0) is 4.79 Å². The molecule has 0 unspecified atom stereocenters. The molecule has 0 aliphatic carbocycles. The molecule has 1 aliphatic heterocycles. The second-order valence-electron chi connectivity index (χ2n) is 5.71. The third kappa shape index (κ3) is 5.72. The summed E-state index contributed by atoms with van der Waals surface area (Å²) in [5.41, 5.74) is 1.94. The van der Waals surface area contributed by atoms with Gasteiger partial charge >= 0.3 is 6.03 Å². The lowest BCUT2D eigenvalue weighted by molar-refractivity contribution is -0.117. The van der Waals surface area contributed by atoms with Gasteiger partial charge in [-0.2, -0.15) is 0 Å². The third-order valence-electron chi connectivity index (χ3n) is 3.78. The molecule has 122 valence electrons. The molecule has 6 nitrogen and oxygen atoms in total. The number of nitrogens with zero attached hydrogens (tertiary/aromatic N) is 2. The number of hydrogen-bond donors (Lipinski definition) is 2. The number of amides is 3. The van der Waals surface area contributed by atoms with Gasteiger partial charge in [0.05, 0.1) is 6.54 Å². The number of carbonyl (C=O) groups excluding carboxylic acids is 2.